The van der Waals surface area contributed by atoms with Crippen LogP contribution in [-0.2, 0) is 9.53 Å². The third-order valence-electron chi connectivity index (χ3n) is 2.83. The Morgan fingerprint density at radius 2 is 1.95 bits per heavy atom. The summed E-state index contributed by atoms with van der Waals surface area (Å²) in [6.07, 6.45) is 0. The summed E-state index contributed by atoms with van der Waals surface area (Å²) in [5, 5.41) is 2.69. The topological polar surface area (TPSA) is 55.4 Å². The van der Waals surface area contributed by atoms with E-state index in [1.165, 1.54) is 0 Å². The molecule has 0 radical (unpaired) electrons. The van der Waals surface area contributed by atoms with E-state index in [1.807, 2.05) is 25.1 Å². The molecule has 2 rings (SSSR count). The van der Waals surface area contributed by atoms with Gasteiger partial charge in [-0.15, -0.1) is 0 Å². The van der Waals surface area contributed by atoms with Crippen molar-refractivity contribution < 1.29 is 14.3 Å². The van der Waals surface area contributed by atoms with Crippen molar-refractivity contribution in [3.63, 3.8) is 0 Å². The molecule has 0 fully saturated rings. The van der Waals surface area contributed by atoms with Crippen LogP contribution in [0.3, 0.4) is 0 Å². The largest absolute Gasteiger partial charge is 0.452 e. The lowest BCUT2D eigenvalue weighted by Crippen LogP contribution is -2.21. The number of carbonyl (C=O) groups excluding carboxylic acids is 2. The first kappa shape index (κ1) is 17.0. The van der Waals surface area contributed by atoms with Crippen LogP contribution in [0.2, 0.25) is 0 Å². The van der Waals surface area contributed by atoms with Crippen molar-refractivity contribution in [2.45, 2.75) is 6.92 Å². The third kappa shape index (κ3) is 4.54. The maximum absolute atomic E-state index is 11.9. The molecule has 22 heavy (non-hydrogen) atoms. The minimum atomic E-state index is -0.511. The molecule has 0 spiro atoms. The van der Waals surface area contributed by atoms with Crippen molar-refractivity contribution in [2.75, 3.05) is 11.9 Å². The Balaban J connectivity index is 1.93. The Labute approximate surface area is 150 Å². The molecule has 1 amide bonds. The number of ether oxygens (including phenoxy) is 1. The molecule has 0 unspecified atom stereocenters. The summed E-state index contributed by atoms with van der Waals surface area (Å²) in [6, 6.07) is 12.6. The van der Waals surface area contributed by atoms with Gasteiger partial charge in [0.15, 0.2) is 6.61 Å². The second kappa shape index (κ2) is 7.73. The third-order valence-corrected chi connectivity index (χ3v) is 4.42. The predicted molar refractivity (Wildman–Crippen MR) is 97.0 cm³/mol. The lowest BCUT2D eigenvalue weighted by atomic mass is 10.2. The quantitative estimate of drug-likeness (QED) is 0.536. The molecular weight excluding hydrogens is 461 g/mol. The van der Waals surface area contributed by atoms with E-state index >= 15 is 0 Å². The fourth-order valence-electron chi connectivity index (χ4n) is 1.74. The van der Waals surface area contributed by atoms with Crippen molar-refractivity contribution in [1.29, 1.82) is 0 Å². The molecule has 0 aliphatic carbocycles. The van der Waals surface area contributed by atoms with Crippen molar-refractivity contribution in [2.24, 2.45) is 0 Å². The summed E-state index contributed by atoms with van der Waals surface area (Å²) in [5.74, 6) is -0.896. The van der Waals surface area contributed by atoms with Crippen LogP contribution < -0.4 is 5.32 Å². The van der Waals surface area contributed by atoms with Crippen molar-refractivity contribution >= 4 is 56.1 Å². The van der Waals surface area contributed by atoms with Gasteiger partial charge >= 0.3 is 5.97 Å². The van der Waals surface area contributed by atoms with Gasteiger partial charge in [0.1, 0.15) is 0 Å². The highest BCUT2D eigenvalue weighted by Gasteiger charge is 2.13. The van der Waals surface area contributed by atoms with Crippen LogP contribution in [0.5, 0.6) is 0 Å². The second-order valence-electron chi connectivity index (χ2n) is 4.59. The van der Waals surface area contributed by atoms with Gasteiger partial charge in [-0.1, -0.05) is 18.2 Å². The van der Waals surface area contributed by atoms with Gasteiger partial charge in [0.05, 0.1) is 11.3 Å². The maximum Gasteiger partial charge on any atom is 0.339 e. The van der Waals surface area contributed by atoms with Crippen LogP contribution in [0.4, 0.5) is 5.69 Å². The van der Waals surface area contributed by atoms with E-state index in [1.54, 1.807) is 24.3 Å². The first-order valence-electron chi connectivity index (χ1n) is 6.45. The average molecular weight is 474 g/mol. The molecule has 2 aromatic carbocycles. The second-order valence-corrected chi connectivity index (χ2v) is 6.60. The molecule has 114 valence electrons. The van der Waals surface area contributed by atoms with Gasteiger partial charge in [-0.2, -0.15) is 0 Å². The first-order chi connectivity index (χ1) is 10.5. The SMILES string of the molecule is Cc1ccc(NC(=O)COC(=O)c2ccccc2I)c(Br)c1. The number of halogens is 2. The molecule has 0 aliphatic rings. The van der Waals surface area contributed by atoms with Gasteiger partial charge in [0.25, 0.3) is 5.91 Å². The zero-order valence-electron chi connectivity index (χ0n) is 11.7. The Hall–Kier alpha value is -1.41. The number of hydrogen-bond donors (Lipinski definition) is 1. The number of hydrogen-bond acceptors (Lipinski definition) is 3. The summed E-state index contributed by atoms with van der Waals surface area (Å²) in [7, 11) is 0. The smallest absolute Gasteiger partial charge is 0.339 e. The highest BCUT2D eigenvalue weighted by Crippen LogP contribution is 2.23. The van der Waals surface area contributed by atoms with Crippen LogP contribution >= 0.6 is 38.5 Å². The molecule has 6 heteroatoms. The number of rotatable bonds is 4. The number of anilines is 1. The van der Waals surface area contributed by atoms with Crippen LogP contribution in [0, 0.1) is 10.5 Å². The molecule has 0 bridgehead atoms. The molecule has 0 aliphatic heterocycles. The molecule has 0 atom stereocenters. The molecule has 1 N–H and O–H groups in total. The minimum Gasteiger partial charge on any atom is -0.452 e. The molecule has 0 saturated carbocycles. The molecule has 4 nitrogen and oxygen atoms in total. The Morgan fingerprint density at radius 3 is 2.64 bits per heavy atom. The number of esters is 1. The predicted octanol–water partition coefficient (Wildman–Crippen LogP) is 4.16. The van der Waals surface area contributed by atoms with E-state index in [2.05, 4.69) is 43.8 Å². The lowest BCUT2D eigenvalue weighted by Gasteiger charge is -2.09. The van der Waals surface area contributed by atoms with Gasteiger partial charge in [0.2, 0.25) is 0 Å². The number of nitrogens with one attached hydrogen (secondary N) is 1. The van der Waals surface area contributed by atoms with E-state index in [-0.39, 0.29) is 12.5 Å². The van der Waals surface area contributed by atoms with Crippen LogP contribution in [-0.4, -0.2) is 18.5 Å². The van der Waals surface area contributed by atoms with E-state index in [4.69, 9.17) is 4.74 Å². The van der Waals surface area contributed by atoms with Crippen LogP contribution in [0.1, 0.15) is 15.9 Å². The summed E-state index contributed by atoms with van der Waals surface area (Å²) >= 11 is 5.43. The summed E-state index contributed by atoms with van der Waals surface area (Å²) in [6.45, 7) is 1.63. The van der Waals surface area contributed by atoms with Crippen LogP contribution in [0.25, 0.3) is 0 Å². The van der Waals surface area contributed by atoms with Gasteiger partial charge in [0, 0.05) is 8.04 Å². The van der Waals surface area contributed by atoms with E-state index in [0.29, 0.717) is 11.3 Å². The summed E-state index contributed by atoms with van der Waals surface area (Å²) in [4.78, 5) is 23.8. The zero-order valence-corrected chi connectivity index (χ0v) is 15.5. The maximum atomic E-state index is 11.9. The van der Waals surface area contributed by atoms with E-state index < -0.39 is 5.97 Å². The molecule has 0 aromatic heterocycles. The van der Waals surface area contributed by atoms with Crippen molar-refractivity contribution in [1.82, 2.24) is 0 Å². The molecule has 0 saturated heterocycles. The Kier molecular flexibility index (Phi) is 5.96. The van der Waals surface area contributed by atoms with Gasteiger partial charge in [-0.3, -0.25) is 4.79 Å². The molecular formula is C16H13BrINO3. The number of aryl methyl sites for hydroxylation is 1. The molecule has 2 aromatic rings. The van der Waals surface area contributed by atoms with Gasteiger partial charge in [-0.05, 0) is 75.3 Å². The fraction of sp³-hybridized carbons (Fsp3) is 0.125. The fourth-order valence-corrected chi connectivity index (χ4v) is 2.94. The Morgan fingerprint density at radius 1 is 1.23 bits per heavy atom. The Bertz CT molecular complexity index is 718. The highest BCUT2D eigenvalue weighted by molar-refractivity contribution is 14.1. The van der Waals surface area contributed by atoms with Crippen LogP contribution in [0.15, 0.2) is 46.9 Å². The van der Waals surface area contributed by atoms with Gasteiger partial charge < -0.3 is 10.1 Å². The highest BCUT2D eigenvalue weighted by atomic mass is 127. The first-order valence-corrected chi connectivity index (χ1v) is 8.32. The van der Waals surface area contributed by atoms with E-state index in [9.17, 15) is 9.59 Å². The summed E-state index contributed by atoms with van der Waals surface area (Å²) in [5.41, 5.74) is 2.17. The minimum absolute atomic E-state index is 0.329. The van der Waals surface area contributed by atoms with Gasteiger partial charge in [-0.25, -0.2) is 4.79 Å². The summed E-state index contributed by atoms with van der Waals surface area (Å²) < 4.78 is 6.60. The monoisotopic (exact) mass is 473 g/mol. The number of benzene rings is 2. The average Bonchev–Trinajstić information content (AvgIpc) is 2.48. The normalized spacial score (nSPS) is 10.1. The number of carbonyl (C=O) groups is 2. The molecule has 0 heterocycles. The zero-order chi connectivity index (χ0) is 16.1. The lowest BCUT2D eigenvalue weighted by molar-refractivity contribution is -0.119. The standard InChI is InChI=1S/C16H13BrINO3/c1-10-6-7-14(12(17)8-10)19-15(20)9-22-16(21)11-4-2-3-5-13(11)18/h2-8H,9H2,1H3,(H,19,20). The van der Waals surface area contributed by atoms with Crippen molar-refractivity contribution in [3.8, 4) is 0 Å². The number of amides is 1. The van der Waals surface area contributed by atoms with Crippen molar-refractivity contribution in [3.05, 3.63) is 61.6 Å². The van der Waals surface area contributed by atoms with E-state index in [0.717, 1.165) is 13.6 Å².